The summed E-state index contributed by atoms with van der Waals surface area (Å²) < 4.78 is 5.40. The van der Waals surface area contributed by atoms with Crippen LogP contribution in [0.2, 0.25) is 0 Å². The van der Waals surface area contributed by atoms with Gasteiger partial charge in [-0.25, -0.2) is 4.98 Å². The van der Waals surface area contributed by atoms with E-state index in [9.17, 15) is 0 Å². The van der Waals surface area contributed by atoms with Crippen LogP contribution >= 0.6 is 0 Å². The lowest BCUT2D eigenvalue weighted by molar-refractivity contribution is 0.232. The lowest BCUT2D eigenvalue weighted by atomic mass is 10.2. The first-order valence-electron chi connectivity index (χ1n) is 4.48. The Bertz CT molecular complexity index is 254. The average molecular weight is 180 g/mol. The van der Waals surface area contributed by atoms with Crippen molar-refractivity contribution in [3.63, 3.8) is 0 Å². The molecule has 0 fully saturated rings. The summed E-state index contributed by atoms with van der Waals surface area (Å²) in [6.45, 7) is 5.88. The first-order chi connectivity index (χ1) is 6.09. The highest BCUT2D eigenvalue weighted by Gasteiger charge is 2.01. The zero-order valence-corrected chi connectivity index (χ0v) is 8.32. The molecule has 0 bridgehead atoms. The molecular weight excluding hydrogens is 164 g/mol. The topological polar surface area (TPSA) is 48.1 Å². The van der Waals surface area contributed by atoms with Gasteiger partial charge < -0.3 is 10.5 Å². The van der Waals surface area contributed by atoms with Crippen molar-refractivity contribution >= 4 is 0 Å². The molecule has 0 saturated carbocycles. The van der Waals surface area contributed by atoms with Crippen LogP contribution in [0.25, 0.3) is 0 Å². The zero-order valence-electron chi connectivity index (χ0n) is 8.32. The van der Waals surface area contributed by atoms with Crippen LogP contribution < -0.4 is 10.5 Å². The molecule has 72 valence electrons. The molecule has 2 N–H and O–H groups in total. The van der Waals surface area contributed by atoms with Crippen molar-refractivity contribution in [1.29, 1.82) is 0 Å². The SMILES string of the molecule is CC(C)Oc1ccc(C(C)N)cn1. The molecular formula is C10H16N2O. The summed E-state index contributed by atoms with van der Waals surface area (Å²) in [5, 5.41) is 0. The summed E-state index contributed by atoms with van der Waals surface area (Å²) in [7, 11) is 0. The minimum absolute atomic E-state index is 0.0283. The van der Waals surface area contributed by atoms with Crippen molar-refractivity contribution in [3.8, 4) is 5.88 Å². The number of nitrogens with two attached hydrogens (primary N) is 1. The van der Waals surface area contributed by atoms with Crippen molar-refractivity contribution in [2.24, 2.45) is 5.73 Å². The Morgan fingerprint density at radius 3 is 2.38 bits per heavy atom. The van der Waals surface area contributed by atoms with Crippen LogP contribution in [0.5, 0.6) is 5.88 Å². The van der Waals surface area contributed by atoms with E-state index in [0.717, 1.165) is 5.56 Å². The lowest BCUT2D eigenvalue weighted by Crippen LogP contribution is -2.08. The molecule has 1 rings (SSSR count). The van der Waals surface area contributed by atoms with Gasteiger partial charge in [0.05, 0.1) is 6.10 Å². The fraction of sp³-hybridized carbons (Fsp3) is 0.500. The molecule has 13 heavy (non-hydrogen) atoms. The first kappa shape index (κ1) is 9.99. The fourth-order valence-electron chi connectivity index (χ4n) is 0.972. The molecule has 3 nitrogen and oxygen atoms in total. The Hall–Kier alpha value is -1.09. The molecule has 1 atom stereocenters. The Morgan fingerprint density at radius 2 is 2.00 bits per heavy atom. The predicted molar refractivity (Wildman–Crippen MR) is 52.6 cm³/mol. The second-order valence-corrected chi connectivity index (χ2v) is 3.39. The Morgan fingerprint density at radius 1 is 1.31 bits per heavy atom. The highest BCUT2D eigenvalue weighted by atomic mass is 16.5. The molecule has 1 aromatic rings. The van der Waals surface area contributed by atoms with E-state index in [1.165, 1.54) is 0 Å². The molecule has 1 unspecified atom stereocenters. The Labute approximate surface area is 78.9 Å². The van der Waals surface area contributed by atoms with Crippen LogP contribution in [0.3, 0.4) is 0 Å². The summed E-state index contributed by atoms with van der Waals surface area (Å²) >= 11 is 0. The summed E-state index contributed by atoms with van der Waals surface area (Å²) in [5.74, 6) is 0.652. The second-order valence-electron chi connectivity index (χ2n) is 3.39. The lowest BCUT2D eigenvalue weighted by Gasteiger charge is -2.09. The van der Waals surface area contributed by atoms with E-state index < -0.39 is 0 Å². The average Bonchev–Trinajstić information content (AvgIpc) is 2.04. The highest BCUT2D eigenvalue weighted by molar-refractivity contribution is 5.20. The third-order valence-electron chi connectivity index (χ3n) is 1.64. The predicted octanol–water partition coefficient (Wildman–Crippen LogP) is 1.89. The molecule has 1 aromatic heterocycles. The number of aromatic nitrogens is 1. The molecule has 1 heterocycles. The monoisotopic (exact) mass is 180 g/mol. The van der Waals surface area contributed by atoms with Crippen LogP contribution in [0.15, 0.2) is 18.3 Å². The second kappa shape index (κ2) is 4.23. The number of ether oxygens (including phenoxy) is 1. The first-order valence-corrected chi connectivity index (χ1v) is 4.48. The van der Waals surface area contributed by atoms with Crippen molar-refractivity contribution in [2.75, 3.05) is 0 Å². The van der Waals surface area contributed by atoms with E-state index in [1.54, 1.807) is 6.20 Å². The maximum Gasteiger partial charge on any atom is 0.213 e. The van der Waals surface area contributed by atoms with Gasteiger partial charge in [-0.3, -0.25) is 0 Å². The maximum atomic E-state index is 5.68. The molecule has 0 aliphatic heterocycles. The molecule has 0 radical (unpaired) electrons. The smallest absolute Gasteiger partial charge is 0.213 e. The van der Waals surface area contributed by atoms with Gasteiger partial charge in [-0.05, 0) is 26.3 Å². The Kier molecular flexibility index (Phi) is 3.25. The summed E-state index contributed by atoms with van der Waals surface area (Å²) in [6, 6.07) is 3.81. The summed E-state index contributed by atoms with van der Waals surface area (Å²) in [6.07, 6.45) is 1.91. The number of hydrogen-bond donors (Lipinski definition) is 1. The summed E-state index contributed by atoms with van der Waals surface area (Å²) in [4.78, 5) is 4.14. The number of pyridine rings is 1. The van der Waals surface area contributed by atoms with E-state index in [1.807, 2.05) is 32.9 Å². The standard InChI is InChI=1S/C10H16N2O/c1-7(2)13-10-5-4-9(6-12-10)8(3)11/h4-8H,11H2,1-3H3. The quantitative estimate of drug-likeness (QED) is 0.772. The molecule has 0 aliphatic rings. The van der Waals surface area contributed by atoms with Crippen LogP contribution in [-0.4, -0.2) is 11.1 Å². The van der Waals surface area contributed by atoms with Crippen molar-refractivity contribution in [2.45, 2.75) is 32.9 Å². The van der Waals surface area contributed by atoms with E-state index >= 15 is 0 Å². The number of nitrogens with zero attached hydrogens (tertiary/aromatic N) is 1. The molecule has 0 saturated heterocycles. The molecule has 0 aliphatic carbocycles. The molecule has 0 spiro atoms. The largest absolute Gasteiger partial charge is 0.475 e. The van der Waals surface area contributed by atoms with Gasteiger partial charge in [0.25, 0.3) is 0 Å². The molecule has 3 heteroatoms. The van der Waals surface area contributed by atoms with Gasteiger partial charge in [0.2, 0.25) is 5.88 Å². The molecule has 0 amide bonds. The van der Waals surface area contributed by atoms with Gasteiger partial charge in [0, 0.05) is 18.3 Å². The maximum absolute atomic E-state index is 5.68. The number of hydrogen-bond acceptors (Lipinski definition) is 3. The van der Waals surface area contributed by atoms with Gasteiger partial charge in [-0.15, -0.1) is 0 Å². The zero-order chi connectivity index (χ0) is 9.84. The minimum Gasteiger partial charge on any atom is -0.475 e. The van der Waals surface area contributed by atoms with Gasteiger partial charge in [-0.2, -0.15) is 0 Å². The third-order valence-corrected chi connectivity index (χ3v) is 1.64. The third kappa shape index (κ3) is 3.03. The minimum atomic E-state index is 0.0283. The van der Waals surface area contributed by atoms with Crippen LogP contribution in [-0.2, 0) is 0 Å². The molecule has 0 aromatic carbocycles. The van der Waals surface area contributed by atoms with Gasteiger partial charge in [-0.1, -0.05) is 6.07 Å². The van der Waals surface area contributed by atoms with Crippen molar-refractivity contribution < 1.29 is 4.74 Å². The van der Waals surface area contributed by atoms with Crippen LogP contribution in [0, 0.1) is 0 Å². The Balaban J connectivity index is 2.70. The highest BCUT2D eigenvalue weighted by Crippen LogP contribution is 2.13. The van der Waals surface area contributed by atoms with E-state index in [-0.39, 0.29) is 12.1 Å². The van der Waals surface area contributed by atoms with Gasteiger partial charge >= 0.3 is 0 Å². The normalized spacial score (nSPS) is 13.0. The van der Waals surface area contributed by atoms with E-state index in [2.05, 4.69) is 4.98 Å². The summed E-state index contributed by atoms with van der Waals surface area (Å²) in [5.41, 5.74) is 6.71. The van der Waals surface area contributed by atoms with Gasteiger partial charge in [0.1, 0.15) is 0 Å². The van der Waals surface area contributed by atoms with E-state index in [0.29, 0.717) is 5.88 Å². The van der Waals surface area contributed by atoms with Crippen LogP contribution in [0.1, 0.15) is 32.4 Å². The van der Waals surface area contributed by atoms with Crippen molar-refractivity contribution in [1.82, 2.24) is 4.98 Å². The van der Waals surface area contributed by atoms with Crippen LogP contribution in [0.4, 0.5) is 0 Å². The number of rotatable bonds is 3. The van der Waals surface area contributed by atoms with E-state index in [4.69, 9.17) is 10.5 Å². The fourth-order valence-corrected chi connectivity index (χ4v) is 0.972. The van der Waals surface area contributed by atoms with Crippen molar-refractivity contribution in [3.05, 3.63) is 23.9 Å². The van der Waals surface area contributed by atoms with Gasteiger partial charge in [0.15, 0.2) is 0 Å².